The second-order valence-electron chi connectivity index (χ2n) is 5.31. The highest BCUT2D eigenvalue weighted by Gasteiger charge is 2.27. The number of piperidine rings is 1. The Labute approximate surface area is 107 Å². The Morgan fingerprint density at radius 3 is 2.78 bits per heavy atom. The van der Waals surface area contributed by atoms with Crippen molar-refractivity contribution in [2.45, 2.75) is 45.3 Å². The van der Waals surface area contributed by atoms with E-state index in [0.29, 0.717) is 13.0 Å². The van der Waals surface area contributed by atoms with Crippen molar-refractivity contribution in [2.75, 3.05) is 13.1 Å². The van der Waals surface area contributed by atoms with Crippen molar-refractivity contribution in [2.24, 2.45) is 0 Å². The largest absolute Gasteiger partial charge is 0.444 e. The number of hydrogen-bond acceptors (Lipinski definition) is 4. The smallest absolute Gasteiger partial charge is 0.407 e. The van der Waals surface area contributed by atoms with Crippen LogP contribution >= 0.6 is 0 Å². The molecule has 0 aliphatic carbocycles. The molecule has 1 N–H and O–H groups in total. The number of nitrogens with one attached hydrogen (secondary N) is 1. The molecule has 18 heavy (non-hydrogen) atoms. The number of amides is 2. The lowest BCUT2D eigenvalue weighted by atomic mass is 10.0. The minimum atomic E-state index is -0.546. The summed E-state index contributed by atoms with van der Waals surface area (Å²) in [4.78, 5) is 24.7. The first kappa shape index (κ1) is 14.3. The summed E-state index contributed by atoms with van der Waals surface area (Å²) >= 11 is 0. The molecular weight excluding hydrogens is 234 g/mol. The molecule has 0 aromatic rings. The highest BCUT2D eigenvalue weighted by molar-refractivity contribution is 5.79. The van der Waals surface area contributed by atoms with Crippen LogP contribution in [-0.4, -0.2) is 41.6 Å². The Morgan fingerprint density at radius 1 is 1.61 bits per heavy atom. The third-order valence-electron chi connectivity index (χ3n) is 2.50. The topological polar surface area (TPSA) is 82.4 Å². The lowest BCUT2D eigenvalue weighted by Crippen LogP contribution is -2.48. The second kappa shape index (κ2) is 5.71. The van der Waals surface area contributed by atoms with Gasteiger partial charge in [-0.1, -0.05) is 0 Å². The zero-order chi connectivity index (χ0) is 13.8. The van der Waals surface area contributed by atoms with E-state index in [1.54, 1.807) is 20.8 Å². The van der Waals surface area contributed by atoms with Gasteiger partial charge in [-0.15, -0.1) is 0 Å². The van der Waals surface area contributed by atoms with Gasteiger partial charge in [0, 0.05) is 19.0 Å². The van der Waals surface area contributed by atoms with E-state index in [9.17, 15) is 9.59 Å². The molecule has 6 heteroatoms. The molecule has 0 aromatic carbocycles. The number of rotatable bonds is 2. The molecule has 0 bridgehead atoms. The van der Waals surface area contributed by atoms with Crippen LogP contribution in [0.3, 0.4) is 0 Å². The minimum absolute atomic E-state index is 0.108. The fourth-order valence-electron chi connectivity index (χ4n) is 1.73. The number of likely N-dealkylation sites (tertiary alicyclic amines) is 1. The predicted molar refractivity (Wildman–Crippen MR) is 64.6 cm³/mol. The van der Waals surface area contributed by atoms with E-state index in [4.69, 9.17) is 10.00 Å². The second-order valence-corrected chi connectivity index (χ2v) is 5.31. The molecule has 0 saturated carbocycles. The number of alkyl carbamates (subject to hydrolysis) is 1. The van der Waals surface area contributed by atoms with Gasteiger partial charge in [-0.2, -0.15) is 5.26 Å². The number of hydrogen-bond donors (Lipinski definition) is 1. The molecule has 100 valence electrons. The molecule has 1 fully saturated rings. The number of nitrogens with zero attached hydrogens (tertiary/aromatic N) is 2. The highest BCUT2D eigenvalue weighted by Crippen LogP contribution is 2.13. The molecule has 0 radical (unpaired) electrons. The third-order valence-corrected chi connectivity index (χ3v) is 2.50. The average Bonchev–Trinajstić information content (AvgIpc) is 2.19. The first-order valence-corrected chi connectivity index (χ1v) is 5.96. The van der Waals surface area contributed by atoms with Gasteiger partial charge in [-0.25, -0.2) is 4.79 Å². The highest BCUT2D eigenvalue weighted by atomic mass is 16.6. The molecule has 1 saturated heterocycles. The van der Waals surface area contributed by atoms with Crippen molar-refractivity contribution >= 4 is 12.0 Å². The Hall–Kier alpha value is -1.77. The molecule has 1 atom stereocenters. The number of nitriles is 1. The van der Waals surface area contributed by atoms with Crippen LogP contribution < -0.4 is 5.32 Å². The Bertz CT molecular complexity index is 368. The van der Waals surface area contributed by atoms with Crippen molar-refractivity contribution in [3.63, 3.8) is 0 Å². The Morgan fingerprint density at radius 2 is 2.28 bits per heavy atom. The lowest BCUT2D eigenvalue weighted by molar-refractivity contribution is -0.133. The van der Waals surface area contributed by atoms with Gasteiger partial charge in [0.05, 0.1) is 6.07 Å². The number of ether oxygens (including phenoxy) is 1. The van der Waals surface area contributed by atoms with Crippen molar-refractivity contribution in [1.29, 1.82) is 5.26 Å². The van der Waals surface area contributed by atoms with Crippen molar-refractivity contribution in [1.82, 2.24) is 10.2 Å². The maximum Gasteiger partial charge on any atom is 0.407 e. The van der Waals surface area contributed by atoms with Crippen LogP contribution in [0.5, 0.6) is 0 Å². The quantitative estimate of drug-likeness (QED) is 0.745. The fraction of sp³-hybridized carbons (Fsp3) is 0.750. The van der Waals surface area contributed by atoms with E-state index >= 15 is 0 Å². The predicted octanol–water partition coefficient (Wildman–Crippen LogP) is 1.03. The number of carbonyl (C=O) groups excluding carboxylic acids is 2. The third kappa shape index (κ3) is 4.62. The molecule has 1 heterocycles. The van der Waals surface area contributed by atoms with E-state index in [1.165, 1.54) is 4.90 Å². The van der Waals surface area contributed by atoms with Crippen molar-refractivity contribution in [3.8, 4) is 6.07 Å². The van der Waals surface area contributed by atoms with Crippen LogP contribution in [0.1, 0.15) is 33.6 Å². The molecule has 2 amide bonds. The summed E-state index contributed by atoms with van der Waals surface area (Å²) in [6.45, 7) is 5.96. The maximum absolute atomic E-state index is 11.6. The standard InChI is InChI=1S/C12H19N3O3/c1-12(2,3)18-11(17)14-9-4-6-15(7-5-13)10(16)8-9/h9H,4,6-8H2,1-3H3,(H,14,17)/t9-/m0/s1. The molecule has 0 unspecified atom stereocenters. The van der Waals surface area contributed by atoms with Gasteiger partial charge in [-0.05, 0) is 27.2 Å². The van der Waals surface area contributed by atoms with Gasteiger partial charge >= 0.3 is 6.09 Å². The summed E-state index contributed by atoms with van der Waals surface area (Å²) in [5, 5.41) is 11.2. The van der Waals surface area contributed by atoms with Crippen LogP contribution in [0.2, 0.25) is 0 Å². The van der Waals surface area contributed by atoms with E-state index in [0.717, 1.165) is 0 Å². The van der Waals surface area contributed by atoms with Gasteiger partial charge < -0.3 is 15.0 Å². The van der Waals surface area contributed by atoms with Crippen molar-refractivity contribution in [3.05, 3.63) is 0 Å². The zero-order valence-corrected chi connectivity index (χ0v) is 11.0. The summed E-state index contributed by atoms with van der Waals surface area (Å²) in [6.07, 6.45) is 0.363. The van der Waals surface area contributed by atoms with Gasteiger partial charge in [0.25, 0.3) is 0 Å². The number of carbonyl (C=O) groups is 2. The molecular formula is C12H19N3O3. The van der Waals surface area contributed by atoms with E-state index in [-0.39, 0.29) is 24.9 Å². The Balaban J connectivity index is 2.41. The first-order chi connectivity index (χ1) is 8.31. The average molecular weight is 253 g/mol. The lowest BCUT2D eigenvalue weighted by Gasteiger charge is -2.31. The van der Waals surface area contributed by atoms with Crippen molar-refractivity contribution < 1.29 is 14.3 Å². The molecule has 1 aliphatic heterocycles. The van der Waals surface area contributed by atoms with E-state index in [1.807, 2.05) is 6.07 Å². The monoisotopic (exact) mass is 253 g/mol. The van der Waals surface area contributed by atoms with Crippen LogP contribution in [0.4, 0.5) is 4.79 Å². The van der Waals surface area contributed by atoms with Gasteiger partial charge in [-0.3, -0.25) is 4.79 Å². The summed E-state index contributed by atoms with van der Waals surface area (Å²) in [5.74, 6) is -0.108. The fourth-order valence-corrected chi connectivity index (χ4v) is 1.73. The van der Waals surface area contributed by atoms with Gasteiger partial charge in [0.15, 0.2) is 0 Å². The summed E-state index contributed by atoms with van der Waals surface area (Å²) < 4.78 is 5.12. The van der Waals surface area contributed by atoms with Gasteiger partial charge in [0.2, 0.25) is 5.91 Å². The maximum atomic E-state index is 11.6. The summed E-state index contributed by atoms with van der Waals surface area (Å²) in [6, 6.07) is 1.74. The zero-order valence-electron chi connectivity index (χ0n) is 11.0. The molecule has 6 nitrogen and oxygen atoms in total. The summed E-state index contributed by atoms with van der Waals surface area (Å²) in [5.41, 5.74) is -0.546. The first-order valence-electron chi connectivity index (χ1n) is 5.96. The van der Waals surface area contributed by atoms with E-state index < -0.39 is 11.7 Å². The molecule has 0 aromatic heterocycles. The van der Waals surface area contributed by atoms with Crippen LogP contribution in [0.15, 0.2) is 0 Å². The molecule has 1 rings (SSSR count). The van der Waals surface area contributed by atoms with Crippen LogP contribution in [0, 0.1) is 11.3 Å². The Kier molecular flexibility index (Phi) is 4.54. The van der Waals surface area contributed by atoms with Crippen LogP contribution in [0.25, 0.3) is 0 Å². The minimum Gasteiger partial charge on any atom is -0.444 e. The van der Waals surface area contributed by atoms with E-state index in [2.05, 4.69) is 5.32 Å². The molecule has 0 spiro atoms. The summed E-state index contributed by atoms with van der Waals surface area (Å²) in [7, 11) is 0. The van der Waals surface area contributed by atoms with Crippen LogP contribution in [-0.2, 0) is 9.53 Å². The molecule has 1 aliphatic rings. The van der Waals surface area contributed by atoms with Gasteiger partial charge in [0.1, 0.15) is 12.1 Å². The SMILES string of the molecule is CC(C)(C)OC(=O)N[C@H]1CCN(CC#N)C(=O)C1. The normalized spacial score (nSPS) is 20.2.